The summed E-state index contributed by atoms with van der Waals surface area (Å²) < 4.78 is 1.29. The van der Waals surface area contributed by atoms with Crippen molar-refractivity contribution in [1.82, 2.24) is 9.88 Å². The van der Waals surface area contributed by atoms with E-state index in [2.05, 4.69) is 5.32 Å². The quantitative estimate of drug-likeness (QED) is 0.527. The van der Waals surface area contributed by atoms with Gasteiger partial charge in [-0.25, -0.2) is 4.57 Å². The number of nitro groups is 1. The summed E-state index contributed by atoms with van der Waals surface area (Å²) in [4.78, 5) is 22.6. The number of carbonyl (C=O) groups is 1. The van der Waals surface area contributed by atoms with Crippen molar-refractivity contribution in [1.29, 1.82) is 0 Å². The molecular weight excluding hydrogens is 282 g/mol. The number of aromatic nitrogens is 1. The highest BCUT2D eigenvalue weighted by atomic mass is 35.5. The summed E-state index contributed by atoms with van der Waals surface area (Å²) >= 11 is 6.03. The summed E-state index contributed by atoms with van der Waals surface area (Å²) in [6.07, 6.45) is 4.95. The number of nitrogens with one attached hydrogen (secondary N) is 1. The van der Waals surface area contributed by atoms with Crippen molar-refractivity contribution in [3.63, 3.8) is 0 Å². The average molecular weight is 300 g/mol. The molecule has 0 radical (unpaired) electrons. The molecule has 1 fully saturated rings. The van der Waals surface area contributed by atoms with Gasteiger partial charge in [-0.05, 0) is 23.8 Å². The van der Waals surface area contributed by atoms with Crippen LogP contribution in [-0.4, -0.2) is 26.8 Å². The highest BCUT2D eigenvalue weighted by molar-refractivity contribution is 6.19. The first-order valence-corrected chi connectivity index (χ1v) is 7.21. The Labute approximate surface area is 122 Å². The van der Waals surface area contributed by atoms with Crippen LogP contribution in [0.25, 0.3) is 0 Å². The summed E-state index contributed by atoms with van der Waals surface area (Å²) in [6.45, 7) is 0. The maximum absolute atomic E-state index is 12.3. The van der Waals surface area contributed by atoms with Gasteiger partial charge in [-0.15, -0.1) is 11.6 Å². The van der Waals surface area contributed by atoms with Gasteiger partial charge in [-0.3, -0.25) is 4.79 Å². The fraction of sp³-hybridized carbons (Fsp3) is 0.615. The molecule has 7 heteroatoms. The van der Waals surface area contributed by atoms with E-state index in [9.17, 15) is 14.9 Å². The van der Waals surface area contributed by atoms with Crippen molar-refractivity contribution in [2.75, 3.05) is 5.88 Å². The lowest BCUT2D eigenvalue weighted by Crippen LogP contribution is -2.51. The molecule has 0 aromatic carbocycles. The molecule has 1 saturated carbocycles. The van der Waals surface area contributed by atoms with Crippen LogP contribution in [0.4, 0.5) is 5.82 Å². The number of alkyl halides is 1. The number of amides is 1. The highest BCUT2D eigenvalue weighted by Gasteiger charge is 2.34. The number of rotatable bonds is 4. The lowest BCUT2D eigenvalue weighted by Gasteiger charge is -2.36. The molecule has 1 heterocycles. The maximum atomic E-state index is 12.3. The zero-order valence-electron chi connectivity index (χ0n) is 11.4. The van der Waals surface area contributed by atoms with E-state index in [0.29, 0.717) is 5.88 Å². The Balaban J connectivity index is 2.17. The lowest BCUT2D eigenvalue weighted by atomic mass is 9.83. The van der Waals surface area contributed by atoms with Crippen LogP contribution in [0.1, 0.15) is 42.6 Å². The standard InChI is InChI=1S/C13H18ClN3O3/c1-16-10(5-6-11(16)17(19)20)12(18)15-13(9-14)7-3-2-4-8-13/h5-6H,2-4,7-9H2,1H3,(H,15,18). The van der Waals surface area contributed by atoms with E-state index >= 15 is 0 Å². The second-order valence-corrected chi connectivity index (χ2v) is 5.59. The summed E-state index contributed by atoms with van der Waals surface area (Å²) in [6, 6.07) is 2.81. The van der Waals surface area contributed by atoms with Crippen LogP contribution in [0, 0.1) is 10.1 Å². The topological polar surface area (TPSA) is 77.2 Å². The van der Waals surface area contributed by atoms with E-state index < -0.39 is 4.92 Å². The highest BCUT2D eigenvalue weighted by Crippen LogP contribution is 2.29. The van der Waals surface area contributed by atoms with Gasteiger partial charge in [0.1, 0.15) is 0 Å². The van der Waals surface area contributed by atoms with Crippen LogP contribution < -0.4 is 5.32 Å². The van der Waals surface area contributed by atoms with Crippen LogP contribution >= 0.6 is 11.6 Å². The molecule has 0 saturated heterocycles. The number of nitrogens with zero attached hydrogens (tertiary/aromatic N) is 2. The molecule has 0 atom stereocenters. The molecule has 1 aromatic heterocycles. The number of halogens is 1. The molecule has 0 bridgehead atoms. The summed E-state index contributed by atoms with van der Waals surface area (Å²) in [5, 5.41) is 13.8. The number of hydrogen-bond donors (Lipinski definition) is 1. The van der Waals surface area contributed by atoms with Gasteiger partial charge in [0.05, 0.1) is 12.6 Å². The van der Waals surface area contributed by atoms with E-state index in [4.69, 9.17) is 11.6 Å². The first kappa shape index (κ1) is 14.8. The second-order valence-electron chi connectivity index (χ2n) is 5.32. The molecule has 1 N–H and O–H groups in total. The first-order chi connectivity index (χ1) is 9.49. The van der Waals surface area contributed by atoms with E-state index in [1.54, 1.807) is 0 Å². The van der Waals surface area contributed by atoms with Crippen molar-refractivity contribution >= 4 is 23.3 Å². The van der Waals surface area contributed by atoms with Gasteiger partial charge in [0.15, 0.2) is 5.69 Å². The Morgan fingerprint density at radius 3 is 2.60 bits per heavy atom. The predicted octanol–water partition coefficient (Wildman–Crippen LogP) is 2.60. The van der Waals surface area contributed by atoms with Gasteiger partial charge in [-0.1, -0.05) is 19.3 Å². The first-order valence-electron chi connectivity index (χ1n) is 6.68. The van der Waals surface area contributed by atoms with E-state index in [1.165, 1.54) is 23.7 Å². The third kappa shape index (κ3) is 2.80. The summed E-state index contributed by atoms with van der Waals surface area (Å²) in [5.41, 5.74) is -0.0950. The molecule has 20 heavy (non-hydrogen) atoms. The largest absolute Gasteiger partial charge is 0.358 e. The van der Waals surface area contributed by atoms with Crippen LogP contribution in [0.2, 0.25) is 0 Å². The van der Waals surface area contributed by atoms with Gasteiger partial charge >= 0.3 is 5.82 Å². The molecule has 1 aromatic rings. The molecular formula is C13H18ClN3O3. The predicted molar refractivity (Wildman–Crippen MR) is 76.1 cm³/mol. The van der Waals surface area contributed by atoms with Crippen molar-refractivity contribution in [2.24, 2.45) is 7.05 Å². The van der Waals surface area contributed by atoms with Gasteiger partial charge in [-0.2, -0.15) is 0 Å². The monoisotopic (exact) mass is 299 g/mol. The van der Waals surface area contributed by atoms with E-state index in [0.717, 1.165) is 32.1 Å². The maximum Gasteiger partial charge on any atom is 0.323 e. The minimum Gasteiger partial charge on any atom is -0.358 e. The van der Waals surface area contributed by atoms with Crippen LogP contribution in [-0.2, 0) is 7.05 Å². The molecule has 0 spiro atoms. The minimum atomic E-state index is -0.505. The molecule has 110 valence electrons. The minimum absolute atomic E-state index is 0.0984. The Morgan fingerprint density at radius 2 is 2.10 bits per heavy atom. The molecule has 0 aliphatic heterocycles. The Hall–Kier alpha value is -1.56. The molecule has 2 rings (SSSR count). The number of carbonyl (C=O) groups excluding carboxylic acids is 1. The Bertz CT molecular complexity index is 521. The molecule has 1 aliphatic carbocycles. The Morgan fingerprint density at radius 1 is 1.45 bits per heavy atom. The second kappa shape index (κ2) is 5.83. The molecule has 1 amide bonds. The summed E-state index contributed by atoms with van der Waals surface area (Å²) in [7, 11) is 1.52. The Kier molecular flexibility index (Phi) is 4.32. The van der Waals surface area contributed by atoms with Gasteiger partial charge in [0.2, 0.25) is 0 Å². The van der Waals surface area contributed by atoms with Crippen molar-refractivity contribution in [3.8, 4) is 0 Å². The number of hydrogen-bond acceptors (Lipinski definition) is 3. The average Bonchev–Trinajstić information content (AvgIpc) is 2.82. The fourth-order valence-electron chi connectivity index (χ4n) is 2.74. The van der Waals surface area contributed by atoms with Gasteiger partial charge in [0, 0.05) is 11.9 Å². The van der Waals surface area contributed by atoms with E-state index in [1.807, 2.05) is 0 Å². The normalized spacial score (nSPS) is 17.7. The third-order valence-corrected chi connectivity index (χ3v) is 4.47. The fourth-order valence-corrected chi connectivity index (χ4v) is 3.07. The van der Waals surface area contributed by atoms with Crippen LogP contribution in [0.5, 0.6) is 0 Å². The molecule has 0 unspecified atom stereocenters. The molecule has 6 nitrogen and oxygen atoms in total. The van der Waals surface area contributed by atoms with Crippen molar-refractivity contribution < 1.29 is 9.72 Å². The summed E-state index contributed by atoms with van der Waals surface area (Å²) in [5.74, 6) is -0.0347. The van der Waals surface area contributed by atoms with Crippen LogP contribution in [0.3, 0.4) is 0 Å². The van der Waals surface area contributed by atoms with E-state index in [-0.39, 0.29) is 23.0 Å². The van der Waals surface area contributed by atoms with Crippen LogP contribution in [0.15, 0.2) is 12.1 Å². The molecule has 1 aliphatic rings. The SMILES string of the molecule is Cn1c(C(=O)NC2(CCl)CCCCC2)ccc1[N+](=O)[O-]. The zero-order chi connectivity index (χ0) is 14.8. The smallest absolute Gasteiger partial charge is 0.323 e. The third-order valence-electron chi connectivity index (χ3n) is 3.96. The van der Waals surface area contributed by atoms with Crippen molar-refractivity contribution in [2.45, 2.75) is 37.6 Å². The lowest BCUT2D eigenvalue weighted by molar-refractivity contribution is -0.391. The van der Waals surface area contributed by atoms with Crippen molar-refractivity contribution in [3.05, 3.63) is 27.9 Å². The van der Waals surface area contributed by atoms with Gasteiger partial charge < -0.3 is 15.4 Å². The zero-order valence-corrected chi connectivity index (χ0v) is 12.2. The van der Waals surface area contributed by atoms with Gasteiger partial charge in [0.25, 0.3) is 5.91 Å².